The van der Waals surface area contributed by atoms with E-state index in [1.54, 1.807) is 0 Å². The average molecular weight is 298 g/mol. The molecule has 1 aromatic carbocycles. The highest BCUT2D eigenvalue weighted by Crippen LogP contribution is 2.54. The number of hydrogen-bond acceptors (Lipinski definition) is 2. The van der Waals surface area contributed by atoms with Crippen LogP contribution in [0, 0.1) is 11.8 Å². The van der Waals surface area contributed by atoms with Crippen LogP contribution < -0.4 is 5.32 Å². The molecule has 4 rings (SSSR count). The Labute approximate surface area is 130 Å². The number of carbonyl (C=O) groups is 1. The van der Waals surface area contributed by atoms with Crippen molar-refractivity contribution in [1.82, 2.24) is 10.3 Å². The zero-order chi connectivity index (χ0) is 15.1. The van der Waals surface area contributed by atoms with Crippen LogP contribution in [0.3, 0.4) is 0 Å². The first-order chi connectivity index (χ1) is 10.8. The predicted octanol–water partition coefficient (Wildman–Crippen LogP) is 3.80. The lowest BCUT2D eigenvalue weighted by atomic mass is 9.79. The number of hydrogen-bond donors (Lipinski definition) is 2. The highest BCUT2D eigenvalue weighted by Gasteiger charge is 2.49. The van der Waals surface area contributed by atoms with Crippen LogP contribution in [-0.4, -0.2) is 23.7 Å². The third-order valence-corrected chi connectivity index (χ3v) is 5.46. The highest BCUT2D eigenvalue weighted by molar-refractivity contribution is 5.84. The van der Waals surface area contributed by atoms with Crippen LogP contribution in [0.1, 0.15) is 37.7 Å². The molecule has 0 aliphatic heterocycles. The fourth-order valence-corrected chi connectivity index (χ4v) is 4.63. The van der Waals surface area contributed by atoms with Gasteiger partial charge in [0.1, 0.15) is 0 Å². The average Bonchev–Trinajstić information content (AvgIpc) is 3.21. The molecule has 22 heavy (non-hydrogen) atoms. The number of aromatic nitrogens is 1. The Morgan fingerprint density at radius 3 is 3.00 bits per heavy atom. The molecular formula is C18H22N2O2. The van der Waals surface area contributed by atoms with Gasteiger partial charge in [-0.3, -0.25) is 0 Å². The van der Waals surface area contributed by atoms with Gasteiger partial charge in [-0.05, 0) is 49.7 Å². The van der Waals surface area contributed by atoms with Gasteiger partial charge in [0.25, 0.3) is 0 Å². The number of nitrogens with one attached hydrogen (secondary N) is 2. The molecule has 1 aromatic heterocycles. The molecule has 0 spiro atoms. The Morgan fingerprint density at radius 2 is 2.14 bits per heavy atom. The normalized spacial score (nSPS) is 29.9. The molecule has 2 aliphatic carbocycles. The van der Waals surface area contributed by atoms with Crippen LogP contribution in [0.25, 0.3) is 10.9 Å². The monoisotopic (exact) mass is 298 g/mol. The molecular weight excluding hydrogens is 276 g/mol. The van der Waals surface area contributed by atoms with Crippen molar-refractivity contribution in [3.63, 3.8) is 0 Å². The molecule has 1 amide bonds. The highest BCUT2D eigenvalue weighted by atomic mass is 16.5. The van der Waals surface area contributed by atoms with Crippen molar-refractivity contribution in [2.45, 2.75) is 38.1 Å². The van der Waals surface area contributed by atoms with Gasteiger partial charge in [-0.25, -0.2) is 4.79 Å². The molecule has 2 saturated carbocycles. The Kier molecular flexibility index (Phi) is 3.32. The second-order valence-electron chi connectivity index (χ2n) is 6.54. The summed E-state index contributed by atoms with van der Waals surface area (Å²) in [7, 11) is 0. The number of para-hydroxylation sites is 1. The zero-order valence-corrected chi connectivity index (χ0v) is 12.8. The van der Waals surface area contributed by atoms with Crippen LogP contribution in [0.5, 0.6) is 0 Å². The lowest BCUT2D eigenvalue weighted by Gasteiger charge is -2.31. The van der Waals surface area contributed by atoms with Crippen molar-refractivity contribution in [1.29, 1.82) is 0 Å². The third-order valence-electron chi connectivity index (χ3n) is 5.46. The number of rotatable bonds is 3. The molecule has 0 radical (unpaired) electrons. The van der Waals surface area contributed by atoms with Crippen molar-refractivity contribution in [3.8, 4) is 0 Å². The van der Waals surface area contributed by atoms with E-state index in [1.807, 2.05) is 6.92 Å². The van der Waals surface area contributed by atoms with Gasteiger partial charge in [0, 0.05) is 29.1 Å². The lowest BCUT2D eigenvalue weighted by molar-refractivity contribution is 0.141. The first-order valence-electron chi connectivity index (χ1n) is 8.27. The summed E-state index contributed by atoms with van der Waals surface area (Å²) in [6.07, 6.45) is 5.58. The summed E-state index contributed by atoms with van der Waals surface area (Å²) in [6.45, 7) is 2.27. The molecule has 2 aliphatic rings. The summed E-state index contributed by atoms with van der Waals surface area (Å²) >= 11 is 0. The first kappa shape index (κ1) is 13.7. The van der Waals surface area contributed by atoms with E-state index in [-0.39, 0.29) is 12.1 Å². The van der Waals surface area contributed by atoms with E-state index in [1.165, 1.54) is 35.7 Å². The zero-order valence-electron chi connectivity index (χ0n) is 12.8. The number of benzene rings is 1. The van der Waals surface area contributed by atoms with E-state index in [2.05, 4.69) is 40.8 Å². The summed E-state index contributed by atoms with van der Waals surface area (Å²) in [5, 5.41) is 4.43. The van der Waals surface area contributed by atoms with E-state index in [4.69, 9.17) is 4.74 Å². The Hall–Kier alpha value is -1.97. The van der Waals surface area contributed by atoms with Crippen LogP contribution in [0.2, 0.25) is 0 Å². The van der Waals surface area contributed by atoms with Gasteiger partial charge in [-0.1, -0.05) is 18.2 Å². The van der Waals surface area contributed by atoms with E-state index in [0.717, 1.165) is 0 Å². The molecule has 2 aromatic rings. The summed E-state index contributed by atoms with van der Waals surface area (Å²) in [5.41, 5.74) is 2.53. The van der Waals surface area contributed by atoms with Crippen LogP contribution >= 0.6 is 0 Å². The minimum absolute atomic E-state index is 0.206. The van der Waals surface area contributed by atoms with E-state index >= 15 is 0 Å². The van der Waals surface area contributed by atoms with E-state index in [9.17, 15) is 4.79 Å². The minimum Gasteiger partial charge on any atom is -0.450 e. The van der Waals surface area contributed by atoms with Gasteiger partial charge in [0.2, 0.25) is 0 Å². The Bertz CT molecular complexity index is 693. The topological polar surface area (TPSA) is 54.1 Å². The fraction of sp³-hybridized carbons (Fsp3) is 0.500. The smallest absolute Gasteiger partial charge is 0.407 e. The molecule has 4 nitrogen and oxygen atoms in total. The van der Waals surface area contributed by atoms with Gasteiger partial charge in [-0.15, -0.1) is 0 Å². The molecule has 2 N–H and O–H groups in total. The lowest BCUT2D eigenvalue weighted by Crippen LogP contribution is -2.43. The van der Waals surface area contributed by atoms with Crippen molar-refractivity contribution in [3.05, 3.63) is 36.0 Å². The maximum Gasteiger partial charge on any atom is 0.407 e. The number of aromatic amines is 1. The number of ether oxygens (including phenoxy) is 1. The van der Waals surface area contributed by atoms with Gasteiger partial charge in [-0.2, -0.15) is 0 Å². The first-order valence-corrected chi connectivity index (χ1v) is 8.27. The number of alkyl carbamates (subject to hydrolysis) is 1. The second kappa shape index (κ2) is 5.34. The van der Waals surface area contributed by atoms with Gasteiger partial charge >= 0.3 is 6.09 Å². The fourth-order valence-electron chi connectivity index (χ4n) is 4.63. The minimum atomic E-state index is -0.273. The van der Waals surface area contributed by atoms with E-state index in [0.29, 0.717) is 24.4 Å². The predicted molar refractivity (Wildman–Crippen MR) is 85.8 cm³/mol. The molecule has 116 valence electrons. The number of H-pyrrole nitrogens is 1. The second-order valence-corrected chi connectivity index (χ2v) is 6.54. The van der Waals surface area contributed by atoms with Gasteiger partial charge in [0.05, 0.1) is 6.61 Å². The molecule has 1 heterocycles. The summed E-state index contributed by atoms with van der Waals surface area (Å²) in [4.78, 5) is 15.3. The third kappa shape index (κ3) is 2.09. The SMILES string of the molecule is CCOC(=O)N[C@@H]1[C@H]2CC[C@H](C2)[C@H]1c1c[nH]c2ccccc12. The maximum atomic E-state index is 11.9. The van der Waals surface area contributed by atoms with Crippen LogP contribution in [0.4, 0.5) is 4.79 Å². The molecule has 4 atom stereocenters. The number of fused-ring (bicyclic) bond motifs is 3. The molecule has 0 unspecified atom stereocenters. The van der Waals surface area contributed by atoms with Gasteiger partial charge < -0.3 is 15.0 Å². The molecule has 2 bridgehead atoms. The largest absolute Gasteiger partial charge is 0.450 e. The van der Waals surface area contributed by atoms with Crippen molar-refractivity contribution < 1.29 is 9.53 Å². The number of carbonyl (C=O) groups excluding carboxylic acids is 1. The van der Waals surface area contributed by atoms with Crippen molar-refractivity contribution >= 4 is 17.0 Å². The van der Waals surface area contributed by atoms with Crippen LogP contribution in [0.15, 0.2) is 30.5 Å². The van der Waals surface area contributed by atoms with E-state index < -0.39 is 0 Å². The Morgan fingerprint density at radius 1 is 1.32 bits per heavy atom. The quantitative estimate of drug-likeness (QED) is 0.905. The maximum absolute atomic E-state index is 11.9. The standard InChI is InChI=1S/C18H22N2O2/c1-2-22-18(21)20-17-12-8-7-11(9-12)16(17)14-10-19-15-6-4-3-5-13(14)15/h3-6,10-12,16-17,19H,2,7-9H2,1H3,(H,20,21)/t11-,12+,16+,17-/m1/s1. The van der Waals surface area contributed by atoms with Crippen molar-refractivity contribution in [2.75, 3.05) is 6.61 Å². The number of amides is 1. The van der Waals surface area contributed by atoms with Crippen molar-refractivity contribution in [2.24, 2.45) is 11.8 Å². The van der Waals surface area contributed by atoms with Crippen LogP contribution in [-0.2, 0) is 4.74 Å². The summed E-state index contributed by atoms with van der Waals surface area (Å²) < 4.78 is 5.11. The van der Waals surface area contributed by atoms with Gasteiger partial charge in [0.15, 0.2) is 0 Å². The molecule has 0 saturated heterocycles. The summed E-state index contributed by atoms with van der Waals surface area (Å²) in [5.74, 6) is 1.67. The molecule has 2 fully saturated rings. The molecule has 4 heteroatoms. The summed E-state index contributed by atoms with van der Waals surface area (Å²) in [6, 6.07) is 8.63. The Balaban J connectivity index is 1.67.